The van der Waals surface area contributed by atoms with Gasteiger partial charge in [-0.05, 0) is 18.2 Å². The topological polar surface area (TPSA) is 74.8 Å². The average Bonchev–Trinajstić information content (AvgIpc) is 3.20. The van der Waals surface area contributed by atoms with Crippen LogP contribution in [0.25, 0.3) is 11.5 Å². The first-order chi connectivity index (χ1) is 13.1. The minimum atomic E-state index is -5.24. The molecular weight excluding hydrogens is 406 g/mol. The molecule has 3 rings (SSSR count). The SMILES string of the molecule is CC(C)(C)C1=NN(c2nc(-c3ccco3)cc(C(F)(F)F)n2)[C@](O)(C(F)(F)F)C1. The third-order valence-corrected chi connectivity index (χ3v) is 4.27. The van der Waals surface area contributed by atoms with Crippen molar-refractivity contribution in [3.63, 3.8) is 0 Å². The van der Waals surface area contributed by atoms with Gasteiger partial charge in [-0.3, -0.25) is 0 Å². The van der Waals surface area contributed by atoms with Gasteiger partial charge in [-0.2, -0.15) is 36.5 Å². The number of alkyl halides is 6. The Hall–Kier alpha value is -2.63. The lowest BCUT2D eigenvalue weighted by Gasteiger charge is -2.33. The van der Waals surface area contributed by atoms with Crippen molar-refractivity contribution in [2.24, 2.45) is 10.5 Å². The fraction of sp³-hybridized carbons (Fsp3) is 0.471. The molecule has 6 nitrogen and oxygen atoms in total. The van der Waals surface area contributed by atoms with Gasteiger partial charge in [0.15, 0.2) is 11.5 Å². The molecule has 0 fully saturated rings. The molecule has 0 aromatic carbocycles. The average molecular weight is 422 g/mol. The summed E-state index contributed by atoms with van der Waals surface area (Å²) in [7, 11) is 0. The summed E-state index contributed by atoms with van der Waals surface area (Å²) in [4.78, 5) is 6.95. The summed E-state index contributed by atoms with van der Waals surface area (Å²) < 4.78 is 86.0. The molecule has 2 aromatic rings. The molecule has 29 heavy (non-hydrogen) atoms. The van der Waals surface area contributed by atoms with E-state index in [1.807, 2.05) is 0 Å². The highest BCUT2D eigenvalue weighted by Gasteiger charge is 2.63. The van der Waals surface area contributed by atoms with Crippen LogP contribution in [0.5, 0.6) is 0 Å². The van der Waals surface area contributed by atoms with E-state index in [0.717, 1.165) is 0 Å². The van der Waals surface area contributed by atoms with Gasteiger partial charge in [0.25, 0.3) is 5.72 Å². The number of aromatic nitrogens is 2. The van der Waals surface area contributed by atoms with Crippen LogP contribution in [-0.4, -0.2) is 32.7 Å². The lowest BCUT2D eigenvalue weighted by Crippen LogP contribution is -2.55. The first kappa shape index (κ1) is 21.1. The van der Waals surface area contributed by atoms with Gasteiger partial charge in [0.05, 0.1) is 6.26 Å². The van der Waals surface area contributed by atoms with Gasteiger partial charge < -0.3 is 9.52 Å². The zero-order chi connectivity index (χ0) is 21.8. The number of aliphatic hydroxyl groups is 1. The molecule has 0 saturated carbocycles. The third-order valence-electron chi connectivity index (χ3n) is 4.27. The number of rotatable bonds is 2. The molecule has 1 atom stereocenters. The Balaban J connectivity index is 2.23. The Labute approximate surface area is 160 Å². The van der Waals surface area contributed by atoms with Crippen LogP contribution in [-0.2, 0) is 6.18 Å². The van der Waals surface area contributed by atoms with E-state index in [2.05, 4.69) is 15.1 Å². The van der Waals surface area contributed by atoms with Crippen LogP contribution in [0.1, 0.15) is 32.9 Å². The maximum Gasteiger partial charge on any atom is 0.438 e. The van der Waals surface area contributed by atoms with E-state index < -0.39 is 47.2 Å². The van der Waals surface area contributed by atoms with E-state index in [-0.39, 0.29) is 16.5 Å². The van der Waals surface area contributed by atoms with E-state index in [0.29, 0.717) is 6.07 Å². The van der Waals surface area contributed by atoms with Gasteiger partial charge in [0.1, 0.15) is 5.69 Å². The Morgan fingerprint density at radius 2 is 1.76 bits per heavy atom. The highest BCUT2D eigenvalue weighted by atomic mass is 19.4. The first-order valence-corrected chi connectivity index (χ1v) is 8.30. The van der Waals surface area contributed by atoms with E-state index >= 15 is 0 Å². The maximum atomic E-state index is 13.7. The lowest BCUT2D eigenvalue weighted by molar-refractivity contribution is -0.254. The van der Waals surface area contributed by atoms with E-state index in [4.69, 9.17) is 4.42 Å². The summed E-state index contributed by atoms with van der Waals surface area (Å²) >= 11 is 0. The second-order valence-corrected chi connectivity index (χ2v) is 7.51. The summed E-state index contributed by atoms with van der Waals surface area (Å²) in [5, 5.41) is 14.1. The standard InChI is InChI=1S/C17H16F6N4O2/c1-14(2,3)12-8-15(28,17(21,22)23)27(26-12)13-24-9(10-5-4-6-29-10)7-11(25-13)16(18,19)20/h4-7,28H,8H2,1-3H3/t15-/m1/s1. The molecule has 0 unspecified atom stereocenters. The Morgan fingerprint density at radius 1 is 1.10 bits per heavy atom. The fourth-order valence-electron chi connectivity index (χ4n) is 2.62. The molecule has 158 valence electrons. The molecule has 1 aliphatic rings. The lowest BCUT2D eigenvalue weighted by atomic mass is 9.86. The zero-order valence-corrected chi connectivity index (χ0v) is 15.4. The minimum Gasteiger partial charge on any atom is -0.463 e. The summed E-state index contributed by atoms with van der Waals surface area (Å²) in [6, 6.07) is 3.21. The van der Waals surface area contributed by atoms with E-state index in [1.54, 1.807) is 20.8 Å². The van der Waals surface area contributed by atoms with Crippen molar-refractivity contribution in [2.75, 3.05) is 5.01 Å². The summed E-state index contributed by atoms with van der Waals surface area (Å²) in [6.45, 7) is 4.69. The Bertz CT molecular complexity index is 931. The first-order valence-electron chi connectivity index (χ1n) is 8.30. The molecule has 3 heterocycles. The van der Waals surface area contributed by atoms with Crippen LogP contribution in [0.2, 0.25) is 0 Å². The van der Waals surface area contributed by atoms with Gasteiger partial charge >= 0.3 is 12.4 Å². The Morgan fingerprint density at radius 3 is 2.24 bits per heavy atom. The smallest absolute Gasteiger partial charge is 0.438 e. The van der Waals surface area contributed by atoms with Crippen molar-refractivity contribution in [1.82, 2.24) is 9.97 Å². The van der Waals surface area contributed by atoms with Crippen molar-refractivity contribution < 1.29 is 35.9 Å². The van der Waals surface area contributed by atoms with Crippen molar-refractivity contribution in [1.29, 1.82) is 0 Å². The largest absolute Gasteiger partial charge is 0.463 e. The predicted octanol–water partition coefficient (Wildman–Crippen LogP) is 4.62. The molecule has 0 aliphatic carbocycles. The van der Waals surface area contributed by atoms with Crippen LogP contribution in [0.15, 0.2) is 34.0 Å². The number of furan rings is 1. The number of halogens is 6. The predicted molar refractivity (Wildman–Crippen MR) is 89.7 cm³/mol. The van der Waals surface area contributed by atoms with Crippen LogP contribution in [0.4, 0.5) is 32.3 Å². The molecule has 0 spiro atoms. The molecule has 0 radical (unpaired) electrons. The number of anilines is 1. The van der Waals surface area contributed by atoms with Crippen LogP contribution < -0.4 is 5.01 Å². The molecule has 1 N–H and O–H groups in total. The number of nitrogens with zero attached hydrogens (tertiary/aromatic N) is 4. The normalized spacial score (nSPS) is 20.9. The highest BCUT2D eigenvalue weighted by molar-refractivity contribution is 5.93. The number of hydrazone groups is 1. The number of hydrogen-bond acceptors (Lipinski definition) is 6. The van der Waals surface area contributed by atoms with E-state index in [1.165, 1.54) is 18.4 Å². The van der Waals surface area contributed by atoms with Gasteiger partial charge in [-0.1, -0.05) is 20.8 Å². The molecule has 0 bridgehead atoms. The quantitative estimate of drug-likeness (QED) is 0.715. The Kier molecular flexibility index (Phi) is 4.68. The van der Waals surface area contributed by atoms with Gasteiger partial charge in [-0.25, -0.2) is 9.97 Å². The fourth-order valence-corrected chi connectivity index (χ4v) is 2.62. The number of hydrogen-bond donors (Lipinski definition) is 1. The third kappa shape index (κ3) is 3.80. The van der Waals surface area contributed by atoms with E-state index in [9.17, 15) is 31.4 Å². The van der Waals surface area contributed by atoms with Crippen LogP contribution in [0.3, 0.4) is 0 Å². The molecule has 0 amide bonds. The molecule has 1 aliphatic heterocycles. The summed E-state index contributed by atoms with van der Waals surface area (Å²) in [5.74, 6) is -1.17. The van der Waals surface area contributed by atoms with Crippen molar-refractivity contribution >= 4 is 11.7 Å². The zero-order valence-electron chi connectivity index (χ0n) is 15.4. The molecule has 2 aromatic heterocycles. The second-order valence-electron chi connectivity index (χ2n) is 7.51. The summed E-state index contributed by atoms with van der Waals surface area (Å²) in [6.07, 6.45) is -10.0. The minimum absolute atomic E-state index is 0.00470. The van der Waals surface area contributed by atoms with Gasteiger partial charge in [-0.15, -0.1) is 0 Å². The van der Waals surface area contributed by atoms with Crippen molar-refractivity contribution in [3.8, 4) is 11.5 Å². The van der Waals surface area contributed by atoms with Gasteiger partial charge in [0.2, 0.25) is 5.95 Å². The second kappa shape index (κ2) is 6.44. The molecule has 12 heteroatoms. The monoisotopic (exact) mass is 422 g/mol. The van der Waals surface area contributed by atoms with Crippen molar-refractivity contribution in [3.05, 3.63) is 30.2 Å². The molecule has 0 saturated heterocycles. The van der Waals surface area contributed by atoms with Crippen LogP contribution in [0, 0.1) is 5.41 Å². The van der Waals surface area contributed by atoms with Crippen LogP contribution >= 0.6 is 0 Å². The highest BCUT2D eigenvalue weighted by Crippen LogP contribution is 2.45. The van der Waals surface area contributed by atoms with Crippen molar-refractivity contribution in [2.45, 2.75) is 45.3 Å². The van der Waals surface area contributed by atoms with Gasteiger partial charge in [0, 0.05) is 17.5 Å². The summed E-state index contributed by atoms with van der Waals surface area (Å²) in [5.41, 5.74) is -6.47. The maximum absolute atomic E-state index is 13.7. The molecular formula is C17H16F6N4O2.